The fourth-order valence-corrected chi connectivity index (χ4v) is 3.81. The Morgan fingerprint density at radius 1 is 1.09 bits per heavy atom. The van der Waals surface area contributed by atoms with Crippen molar-refractivity contribution in [2.24, 2.45) is 0 Å². The molecule has 2 aliphatic rings. The van der Waals surface area contributed by atoms with E-state index in [4.69, 9.17) is 9.47 Å². The summed E-state index contributed by atoms with van der Waals surface area (Å²) in [5, 5.41) is 9.95. The first-order chi connectivity index (χ1) is 11.2. The molecule has 2 aliphatic heterocycles. The Kier molecular flexibility index (Phi) is 3.51. The highest BCUT2D eigenvalue weighted by molar-refractivity contribution is 5.51. The predicted molar refractivity (Wildman–Crippen MR) is 87.8 cm³/mol. The molecule has 2 atom stereocenters. The van der Waals surface area contributed by atoms with E-state index in [1.165, 1.54) is 5.56 Å². The Balaban J connectivity index is 1.83. The Labute approximate surface area is 136 Å². The predicted octanol–water partition coefficient (Wildman–Crippen LogP) is 2.96. The van der Waals surface area contributed by atoms with Gasteiger partial charge in [0.15, 0.2) is 5.72 Å². The lowest BCUT2D eigenvalue weighted by Gasteiger charge is -2.43. The highest BCUT2D eigenvalue weighted by atomic mass is 16.5. The number of rotatable bonds is 2. The van der Waals surface area contributed by atoms with Crippen molar-refractivity contribution in [3.8, 4) is 11.5 Å². The molecule has 2 aromatic rings. The number of fused-ring (bicyclic) bond motifs is 1. The molecule has 120 valence electrons. The standard InChI is InChI=1S/C19H21NO3/c1-19(20-9-11-22-12-10-20)18(14-5-3-2-4-6-14)16-13-15(21)7-8-17(16)23-19/h2-8,13,18,21H,9-12H2,1H3. The van der Waals surface area contributed by atoms with E-state index in [0.29, 0.717) is 0 Å². The van der Waals surface area contributed by atoms with Gasteiger partial charge in [-0.25, -0.2) is 0 Å². The van der Waals surface area contributed by atoms with Crippen LogP contribution in [0.3, 0.4) is 0 Å². The third-order valence-corrected chi connectivity index (χ3v) is 4.93. The van der Waals surface area contributed by atoms with Gasteiger partial charge in [-0.05, 0) is 30.7 Å². The van der Waals surface area contributed by atoms with Crippen molar-refractivity contribution in [3.63, 3.8) is 0 Å². The van der Waals surface area contributed by atoms with Gasteiger partial charge in [-0.1, -0.05) is 30.3 Å². The van der Waals surface area contributed by atoms with Crippen LogP contribution in [-0.4, -0.2) is 42.0 Å². The molecule has 1 fully saturated rings. The summed E-state index contributed by atoms with van der Waals surface area (Å²) in [7, 11) is 0. The second kappa shape index (κ2) is 5.55. The van der Waals surface area contributed by atoms with Crippen molar-refractivity contribution < 1.29 is 14.6 Å². The van der Waals surface area contributed by atoms with Crippen LogP contribution in [0.5, 0.6) is 11.5 Å². The zero-order valence-electron chi connectivity index (χ0n) is 13.2. The molecule has 0 aliphatic carbocycles. The SMILES string of the molecule is CC1(N2CCOCC2)Oc2ccc(O)cc2C1c1ccccc1. The highest BCUT2D eigenvalue weighted by Gasteiger charge is 2.50. The molecule has 0 radical (unpaired) electrons. The molecule has 4 rings (SSSR count). The Morgan fingerprint density at radius 2 is 1.83 bits per heavy atom. The minimum atomic E-state index is -0.471. The zero-order valence-corrected chi connectivity index (χ0v) is 13.2. The van der Waals surface area contributed by atoms with Gasteiger partial charge in [0, 0.05) is 18.7 Å². The van der Waals surface area contributed by atoms with E-state index in [1.807, 2.05) is 18.2 Å². The second-order valence-corrected chi connectivity index (χ2v) is 6.32. The number of phenols is 1. The molecule has 0 saturated carbocycles. The summed E-state index contributed by atoms with van der Waals surface area (Å²) in [6.45, 7) is 5.29. The first-order valence-corrected chi connectivity index (χ1v) is 8.08. The van der Waals surface area contributed by atoms with Gasteiger partial charge in [-0.3, -0.25) is 4.90 Å². The van der Waals surface area contributed by atoms with E-state index in [2.05, 4.69) is 36.1 Å². The molecule has 0 aromatic heterocycles. The zero-order chi connectivity index (χ0) is 15.9. The van der Waals surface area contributed by atoms with Crippen molar-refractivity contribution in [2.45, 2.75) is 18.6 Å². The van der Waals surface area contributed by atoms with E-state index >= 15 is 0 Å². The van der Waals surface area contributed by atoms with Gasteiger partial charge in [0.2, 0.25) is 0 Å². The van der Waals surface area contributed by atoms with Gasteiger partial charge >= 0.3 is 0 Å². The summed E-state index contributed by atoms with van der Waals surface area (Å²) < 4.78 is 11.9. The normalized spacial score (nSPS) is 27.4. The molecular weight excluding hydrogens is 290 g/mol. The van der Waals surface area contributed by atoms with Gasteiger partial charge < -0.3 is 14.6 Å². The highest BCUT2D eigenvalue weighted by Crippen LogP contribution is 2.50. The summed E-state index contributed by atoms with van der Waals surface area (Å²) >= 11 is 0. The van der Waals surface area contributed by atoms with E-state index in [9.17, 15) is 5.11 Å². The maximum atomic E-state index is 9.95. The average molecular weight is 311 g/mol. The van der Waals surface area contributed by atoms with Crippen molar-refractivity contribution >= 4 is 0 Å². The molecule has 0 spiro atoms. The lowest BCUT2D eigenvalue weighted by atomic mass is 9.84. The molecule has 1 N–H and O–H groups in total. The largest absolute Gasteiger partial charge is 0.508 e. The van der Waals surface area contributed by atoms with Gasteiger partial charge in [-0.2, -0.15) is 0 Å². The lowest BCUT2D eigenvalue weighted by molar-refractivity contribution is -0.107. The maximum absolute atomic E-state index is 9.95. The summed E-state index contributed by atoms with van der Waals surface area (Å²) in [5.74, 6) is 1.19. The Hall–Kier alpha value is -2.04. The summed E-state index contributed by atoms with van der Waals surface area (Å²) in [6.07, 6.45) is 0. The van der Waals surface area contributed by atoms with Crippen molar-refractivity contribution in [1.29, 1.82) is 0 Å². The van der Waals surface area contributed by atoms with Crippen LogP contribution in [0.4, 0.5) is 0 Å². The molecule has 2 heterocycles. The van der Waals surface area contributed by atoms with Crippen molar-refractivity contribution in [3.05, 3.63) is 59.7 Å². The summed E-state index contributed by atoms with van der Waals surface area (Å²) in [4.78, 5) is 2.35. The molecule has 0 amide bonds. The topological polar surface area (TPSA) is 41.9 Å². The third-order valence-electron chi connectivity index (χ3n) is 4.93. The first-order valence-electron chi connectivity index (χ1n) is 8.08. The van der Waals surface area contributed by atoms with Crippen LogP contribution in [0.15, 0.2) is 48.5 Å². The van der Waals surface area contributed by atoms with Crippen LogP contribution in [-0.2, 0) is 4.74 Å². The Morgan fingerprint density at radius 3 is 2.57 bits per heavy atom. The quantitative estimate of drug-likeness (QED) is 0.926. The van der Waals surface area contributed by atoms with E-state index < -0.39 is 5.72 Å². The monoisotopic (exact) mass is 311 g/mol. The van der Waals surface area contributed by atoms with Crippen LogP contribution in [0.25, 0.3) is 0 Å². The van der Waals surface area contributed by atoms with Crippen molar-refractivity contribution in [2.75, 3.05) is 26.3 Å². The van der Waals surface area contributed by atoms with E-state index in [-0.39, 0.29) is 11.7 Å². The number of benzene rings is 2. The molecule has 2 unspecified atom stereocenters. The average Bonchev–Trinajstić information content (AvgIpc) is 2.89. The second-order valence-electron chi connectivity index (χ2n) is 6.32. The van der Waals surface area contributed by atoms with Crippen LogP contribution in [0.1, 0.15) is 24.0 Å². The molecule has 2 aromatic carbocycles. The fourth-order valence-electron chi connectivity index (χ4n) is 3.81. The number of hydrogen-bond donors (Lipinski definition) is 1. The van der Waals surface area contributed by atoms with E-state index in [1.54, 1.807) is 6.07 Å². The Bertz CT molecular complexity index is 697. The van der Waals surface area contributed by atoms with Gasteiger partial charge in [0.25, 0.3) is 0 Å². The van der Waals surface area contributed by atoms with Gasteiger partial charge in [0.05, 0.1) is 19.1 Å². The van der Waals surface area contributed by atoms with Crippen LogP contribution in [0, 0.1) is 0 Å². The minimum absolute atomic E-state index is 0.0592. The third kappa shape index (κ3) is 2.38. The van der Waals surface area contributed by atoms with Crippen molar-refractivity contribution in [1.82, 2.24) is 4.90 Å². The van der Waals surface area contributed by atoms with E-state index in [0.717, 1.165) is 37.6 Å². The summed E-state index contributed by atoms with van der Waals surface area (Å²) in [6, 6.07) is 15.8. The molecule has 4 nitrogen and oxygen atoms in total. The maximum Gasteiger partial charge on any atom is 0.171 e. The minimum Gasteiger partial charge on any atom is -0.508 e. The fraction of sp³-hybridized carbons (Fsp3) is 0.368. The molecule has 0 bridgehead atoms. The smallest absolute Gasteiger partial charge is 0.171 e. The van der Waals surface area contributed by atoms with Crippen LogP contribution >= 0.6 is 0 Å². The number of nitrogens with zero attached hydrogens (tertiary/aromatic N) is 1. The molecule has 1 saturated heterocycles. The van der Waals surface area contributed by atoms with Gasteiger partial charge in [0.1, 0.15) is 11.5 Å². The molecule has 4 heteroatoms. The number of aromatic hydroxyl groups is 1. The number of ether oxygens (including phenoxy) is 2. The molecule has 23 heavy (non-hydrogen) atoms. The van der Waals surface area contributed by atoms with Crippen LogP contribution < -0.4 is 4.74 Å². The van der Waals surface area contributed by atoms with Gasteiger partial charge in [-0.15, -0.1) is 0 Å². The lowest BCUT2D eigenvalue weighted by Crippen LogP contribution is -2.56. The first kappa shape index (κ1) is 14.5. The number of morpholine rings is 1. The summed E-state index contributed by atoms with van der Waals surface area (Å²) in [5.41, 5.74) is 1.78. The molecular formula is C19H21NO3. The van der Waals surface area contributed by atoms with Crippen LogP contribution in [0.2, 0.25) is 0 Å². The number of phenolic OH excluding ortho intramolecular Hbond substituents is 1. The number of hydrogen-bond acceptors (Lipinski definition) is 4.